The summed E-state index contributed by atoms with van der Waals surface area (Å²) in [5.41, 5.74) is 2.14. The highest BCUT2D eigenvalue weighted by molar-refractivity contribution is 5.34. The lowest BCUT2D eigenvalue weighted by Gasteiger charge is -2.08. The van der Waals surface area contributed by atoms with E-state index in [1.54, 1.807) is 6.07 Å². The van der Waals surface area contributed by atoms with E-state index < -0.39 is 11.6 Å². The smallest absolute Gasteiger partial charge is 0.131 e. The molecule has 0 spiro atoms. The van der Waals surface area contributed by atoms with E-state index in [9.17, 15) is 8.78 Å². The maximum absolute atomic E-state index is 13.7. The molecule has 4 heteroatoms. The van der Waals surface area contributed by atoms with Crippen molar-refractivity contribution < 1.29 is 8.78 Å². The fourth-order valence-corrected chi connectivity index (χ4v) is 1.99. The molecule has 1 N–H and O–H groups in total. The van der Waals surface area contributed by atoms with Crippen molar-refractivity contribution >= 4 is 0 Å². The van der Waals surface area contributed by atoms with Crippen molar-refractivity contribution in [1.82, 2.24) is 5.32 Å². The first-order valence-electron chi connectivity index (χ1n) is 6.24. The van der Waals surface area contributed by atoms with Crippen LogP contribution in [-0.4, -0.2) is 0 Å². The van der Waals surface area contributed by atoms with Gasteiger partial charge in [-0.3, -0.25) is 0 Å². The Morgan fingerprint density at radius 2 is 1.80 bits per heavy atom. The number of nitrogens with zero attached hydrogens (tertiary/aromatic N) is 1. The molecule has 0 bridgehead atoms. The SMILES string of the molecule is Cc1cccc(CNCc2c(F)cc(C#N)cc2F)c1. The zero-order chi connectivity index (χ0) is 14.5. The molecule has 0 fully saturated rings. The molecule has 20 heavy (non-hydrogen) atoms. The Balaban J connectivity index is 2.03. The minimum Gasteiger partial charge on any atom is -0.308 e. The highest BCUT2D eigenvalue weighted by Gasteiger charge is 2.10. The molecule has 0 saturated carbocycles. The molecule has 0 aliphatic rings. The molecule has 0 aromatic heterocycles. The molecule has 0 unspecified atom stereocenters. The van der Waals surface area contributed by atoms with Gasteiger partial charge in [-0.1, -0.05) is 29.8 Å². The van der Waals surface area contributed by atoms with Gasteiger partial charge >= 0.3 is 0 Å². The van der Waals surface area contributed by atoms with Crippen molar-refractivity contribution in [2.75, 3.05) is 0 Å². The quantitative estimate of drug-likeness (QED) is 0.925. The monoisotopic (exact) mass is 272 g/mol. The molecule has 2 aromatic rings. The van der Waals surface area contributed by atoms with Crippen LogP contribution in [0.15, 0.2) is 36.4 Å². The van der Waals surface area contributed by atoms with Gasteiger partial charge in [0, 0.05) is 18.7 Å². The molecule has 0 atom stereocenters. The van der Waals surface area contributed by atoms with E-state index >= 15 is 0 Å². The Morgan fingerprint density at radius 3 is 2.40 bits per heavy atom. The molecule has 2 rings (SSSR count). The summed E-state index contributed by atoms with van der Waals surface area (Å²) in [4.78, 5) is 0. The minimum atomic E-state index is -0.696. The fraction of sp³-hybridized carbons (Fsp3) is 0.188. The van der Waals surface area contributed by atoms with Crippen molar-refractivity contribution in [3.8, 4) is 6.07 Å². The first-order valence-corrected chi connectivity index (χ1v) is 6.24. The molecule has 0 radical (unpaired) electrons. The lowest BCUT2D eigenvalue weighted by molar-refractivity contribution is 0.535. The van der Waals surface area contributed by atoms with E-state index in [1.165, 1.54) is 0 Å². The van der Waals surface area contributed by atoms with Crippen LogP contribution < -0.4 is 5.32 Å². The highest BCUT2D eigenvalue weighted by Crippen LogP contribution is 2.15. The van der Waals surface area contributed by atoms with Crippen LogP contribution in [0.1, 0.15) is 22.3 Å². The van der Waals surface area contributed by atoms with Crippen LogP contribution >= 0.6 is 0 Å². The van der Waals surface area contributed by atoms with E-state index in [0.29, 0.717) is 6.54 Å². The van der Waals surface area contributed by atoms with Gasteiger partial charge in [-0.15, -0.1) is 0 Å². The molecule has 0 aliphatic heterocycles. The van der Waals surface area contributed by atoms with Gasteiger partial charge in [0.2, 0.25) is 0 Å². The molecule has 0 aliphatic carbocycles. The molecule has 2 aromatic carbocycles. The van der Waals surface area contributed by atoms with Crippen LogP contribution in [0.4, 0.5) is 8.78 Å². The largest absolute Gasteiger partial charge is 0.308 e. The Labute approximate surface area is 116 Å². The predicted octanol–water partition coefficient (Wildman–Crippen LogP) is 3.43. The van der Waals surface area contributed by atoms with E-state index in [-0.39, 0.29) is 17.7 Å². The summed E-state index contributed by atoms with van der Waals surface area (Å²) in [6.07, 6.45) is 0. The summed E-state index contributed by atoms with van der Waals surface area (Å²) >= 11 is 0. The minimum absolute atomic E-state index is 0.0116. The molecular weight excluding hydrogens is 258 g/mol. The lowest BCUT2D eigenvalue weighted by Crippen LogP contribution is -2.15. The van der Waals surface area contributed by atoms with Gasteiger partial charge in [0.15, 0.2) is 0 Å². The van der Waals surface area contributed by atoms with Gasteiger partial charge in [-0.25, -0.2) is 8.78 Å². The Hall–Kier alpha value is -2.25. The summed E-state index contributed by atoms with van der Waals surface area (Å²) < 4.78 is 27.3. The van der Waals surface area contributed by atoms with Gasteiger partial charge in [0.1, 0.15) is 11.6 Å². The number of nitriles is 1. The lowest BCUT2D eigenvalue weighted by atomic mass is 10.1. The first-order chi connectivity index (χ1) is 9.60. The van der Waals surface area contributed by atoms with E-state index in [0.717, 1.165) is 23.3 Å². The number of hydrogen-bond donors (Lipinski definition) is 1. The summed E-state index contributed by atoms with van der Waals surface area (Å²) in [6, 6.07) is 11.7. The zero-order valence-corrected chi connectivity index (χ0v) is 11.1. The van der Waals surface area contributed by atoms with Crippen LogP contribution in [-0.2, 0) is 13.1 Å². The van der Waals surface area contributed by atoms with Crippen molar-refractivity contribution in [1.29, 1.82) is 5.26 Å². The van der Waals surface area contributed by atoms with Crippen LogP contribution in [0.25, 0.3) is 0 Å². The summed E-state index contributed by atoms with van der Waals surface area (Å²) in [5, 5.41) is 11.6. The zero-order valence-electron chi connectivity index (χ0n) is 11.1. The van der Waals surface area contributed by atoms with E-state index in [1.807, 2.05) is 31.2 Å². The van der Waals surface area contributed by atoms with Crippen molar-refractivity contribution in [3.05, 3.63) is 70.3 Å². The third kappa shape index (κ3) is 3.40. The molecule has 0 heterocycles. The predicted molar refractivity (Wildman–Crippen MR) is 72.8 cm³/mol. The maximum Gasteiger partial charge on any atom is 0.131 e. The number of halogens is 2. The summed E-state index contributed by atoms with van der Waals surface area (Å²) in [6.45, 7) is 2.60. The first kappa shape index (κ1) is 14.2. The number of rotatable bonds is 4. The van der Waals surface area contributed by atoms with Crippen molar-refractivity contribution in [2.24, 2.45) is 0 Å². The molecule has 102 valence electrons. The van der Waals surface area contributed by atoms with Gasteiger partial charge in [0.25, 0.3) is 0 Å². The van der Waals surface area contributed by atoms with Crippen molar-refractivity contribution in [2.45, 2.75) is 20.0 Å². The Bertz CT molecular complexity index is 637. The topological polar surface area (TPSA) is 35.8 Å². The second-order valence-corrected chi connectivity index (χ2v) is 4.62. The summed E-state index contributed by atoms with van der Waals surface area (Å²) in [7, 11) is 0. The second-order valence-electron chi connectivity index (χ2n) is 4.62. The maximum atomic E-state index is 13.7. The van der Waals surface area contributed by atoms with Crippen molar-refractivity contribution in [3.63, 3.8) is 0 Å². The highest BCUT2D eigenvalue weighted by atomic mass is 19.1. The second kappa shape index (κ2) is 6.27. The Kier molecular flexibility index (Phi) is 4.44. The third-order valence-corrected chi connectivity index (χ3v) is 2.98. The van der Waals surface area contributed by atoms with Crippen LogP contribution in [0, 0.1) is 29.9 Å². The number of nitrogens with one attached hydrogen (secondary N) is 1. The average Bonchev–Trinajstić information content (AvgIpc) is 2.41. The van der Waals surface area contributed by atoms with Gasteiger partial charge in [-0.05, 0) is 24.6 Å². The van der Waals surface area contributed by atoms with Gasteiger partial charge < -0.3 is 5.32 Å². The molecular formula is C16H14F2N2. The third-order valence-electron chi connectivity index (χ3n) is 2.98. The van der Waals surface area contributed by atoms with Crippen LogP contribution in [0.2, 0.25) is 0 Å². The number of aryl methyl sites for hydroxylation is 1. The van der Waals surface area contributed by atoms with Gasteiger partial charge in [0.05, 0.1) is 11.6 Å². The van der Waals surface area contributed by atoms with E-state index in [4.69, 9.17) is 5.26 Å². The normalized spacial score (nSPS) is 10.3. The standard InChI is InChI=1S/C16H14F2N2/c1-11-3-2-4-12(5-11)9-20-10-14-15(17)6-13(8-19)7-16(14)18/h2-7,20H,9-10H2,1H3. The van der Waals surface area contributed by atoms with Crippen LogP contribution in [0.3, 0.4) is 0 Å². The number of hydrogen-bond acceptors (Lipinski definition) is 2. The number of benzene rings is 2. The van der Waals surface area contributed by atoms with Crippen LogP contribution in [0.5, 0.6) is 0 Å². The Morgan fingerprint density at radius 1 is 1.10 bits per heavy atom. The molecule has 2 nitrogen and oxygen atoms in total. The average molecular weight is 272 g/mol. The molecule has 0 amide bonds. The van der Waals surface area contributed by atoms with E-state index in [2.05, 4.69) is 5.32 Å². The summed E-state index contributed by atoms with van der Waals surface area (Å²) in [5.74, 6) is -1.39. The fourth-order valence-electron chi connectivity index (χ4n) is 1.99. The molecule has 0 saturated heterocycles. The van der Waals surface area contributed by atoms with Gasteiger partial charge in [-0.2, -0.15) is 5.26 Å².